The van der Waals surface area contributed by atoms with Crippen LogP contribution in [-0.4, -0.2) is 142 Å². The number of esters is 2. The summed E-state index contributed by atoms with van der Waals surface area (Å²) in [6, 6.07) is 0. The van der Waals surface area contributed by atoms with Gasteiger partial charge in [0.05, 0.1) is 19.8 Å². The molecule has 2 heterocycles. The molecule has 2 fully saturated rings. The van der Waals surface area contributed by atoms with E-state index in [2.05, 4.69) is 38.2 Å². The minimum absolute atomic E-state index is 0.144. The van der Waals surface area contributed by atoms with E-state index in [0.29, 0.717) is 12.8 Å². The van der Waals surface area contributed by atoms with Crippen LogP contribution in [0.4, 0.5) is 0 Å². The summed E-state index contributed by atoms with van der Waals surface area (Å²) in [5.41, 5.74) is 0. The Morgan fingerprint density at radius 3 is 1.53 bits per heavy atom. The molecule has 0 aromatic heterocycles. The van der Waals surface area contributed by atoms with Crippen LogP contribution in [0.1, 0.15) is 155 Å². The first-order valence-electron chi connectivity index (χ1n) is 22.9. The van der Waals surface area contributed by atoms with Gasteiger partial charge in [-0.2, -0.15) is 0 Å². The Labute approximate surface area is 358 Å². The van der Waals surface area contributed by atoms with E-state index in [1.807, 2.05) is 0 Å². The summed E-state index contributed by atoms with van der Waals surface area (Å²) in [6.45, 7) is 2.49. The Balaban J connectivity index is 1.87. The molecule has 0 spiro atoms. The van der Waals surface area contributed by atoms with Gasteiger partial charge in [0.25, 0.3) is 0 Å². The van der Waals surface area contributed by atoms with Crippen molar-refractivity contribution < 1.29 is 73.8 Å². The highest BCUT2D eigenvalue weighted by atomic mass is 16.7. The number of rotatable bonds is 34. The van der Waals surface area contributed by atoms with Crippen LogP contribution in [0, 0.1) is 0 Å². The summed E-state index contributed by atoms with van der Waals surface area (Å²) in [5.74, 6) is -0.956. The van der Waals surface area contributed by atoms with Gasteiger partial charge in [0.2, 0.25) is 0 Å². The van der Waals surface area contributed by atoms with Crippen molar-refractivity contribution >= 4 is 11.9 Å². The maximum absolute atomic E-state index is 12.9. The van der Waals surface area contributed by atoms with Crippen LogP contribution in [-0.2, 0) is 38.0 Å². The molecule has 0 bridgehead atoms. The minimum atomic E-state index is -1.77. The van der Waals surface area contributed by atoms with E-state index in [-0.39, 0.29) is 26.1 Å². The molecule has 2 saturated heterocycles. The second kappa shape index (κ2) is 33.5. The third kappa shape index (κ3) is 22.4. The molecule has 0 aromatic carbocycles. The molecule has 15 nitrogen and oxygen atoms in total. The largest absolute Gasteiger partial charge is 0.462 e. The lowest BCUT2D eigenvalue weighted by Crippen LogP contribution is -2.61. The Bertz CT molecular complexity index is 1150. The van der Waals surface area contributed by atoms with Crippen LogP contribution in [0.25, 0.3) is 0 Å². The van der Waals surface area contributed by atoms with Crippen LogP contribution in [0.15, 0.2) is 24.3 Å². The lowest BCUT2D eigenvalue weighted by Gasteiger charge is -2.42. The van der Waals surface area contributed by atoms with Gasteiger partial charge < -0.3 is 64.2 Å². The fourth-order valence-electron chi connectivity index (χ4n) is 7.01. The van der Waals surface area contributed by atoms with Gasteiger partial charge in [0.1, 0.15) is 55.4 Å². The monoisotopic (exact) mass is 861 g/mol. The molecular weight excluding hydrogens is 780 g/mol. The van der Waals surface area contributed by atoms with E-state index in [0.717, 1.165) is 64.2 Å². The summed E-state index contributed by atoms with van der Waals surface area (Å²) in [4.78, 5) is 25.6. The van der Waals surface area contributed by atoms with Crippen molar-refractivity contribution in [1.82, 2.24) is 0 Å². The number of hydrogen-bond donors (Lipinski definition) is 7. The molecule has 0 saturated carbocycles. The second-order valence-corrected chi connectivity index (χ2v) is 16.2. The summed E-state index contributed by atoms with van der Waals surface area (Å²) < 4.78 is 33.4. The van der Waals surface area contributed by atoms with Gasteiger partial charge in [-0.1, -0.05) is 109 Å². The van der Waals surface area contributed by atoms with Gasteiger partial charge >= 0.3 is 11.9 Å². The quantitative estimate of drug-likeness (QED) is 0.0261. The van der Waals surface area contributed by atoms with Gasteiger partial charge in [-0.3, -0.25) is 9.59 Å². The maximum Gasteiger partial charge on any atom is 0.306 e. The molecule has 0 aromatic rings. The highest BCUT2D eigenvalue weighted by Crippen LogP contribution is 2.26. The Kier molecular flexibility index (Phi) is 30.2. The number of aliphatic hydroxyl groups is 7. The molecule has 4 unspecified atom stereocenters. The minimum Gasteiger partial charge on any atom is -0.462 e. The number of unbranched alkanes of at least 4 members (excludes halogenated alkanes) is 16. The standard InChI is InChI=1S/C45H80O15/c1-3-5-7-9-11-13-15-16-18-20-22-24-26-28-37(48)58-33(30-55-36(47)27-25-23-21-19-17-14-12-10-8-6-4-2)31-56-44-43(54)41(52)39(50)35(60-44)32-57-45-42(53)40(51)38(49)34(29-46)59-45/h10,12,16,18,33-35,38-46,49-54H,3-9,11,13-15,17,19-32H2,1-2H3/b12-10+,18-16+/t33-,34-,35-,38+,39+,40?,41?,42?,43?,44-,45-/m1/s1. The molecule has 2 rings (SSSR count). The number of aliphatic hydroxyl groups excluding tert-OH is 7. The van der Waals surface area contributed by atoms with E-state index in [4.69, 9.17) is 28.4 Å². The molecule has 15 heteroatoms. The van der Waals surface area contributed by atoms with Crippen molar-refractivity contribution in [2.45, 2.75) is 223 Å². The van der Waals surface area contributed by atoms with Crippen LogP contribution in [0.2, 0.25) is 0 Å². The lowest BCUT2D eigenvalue weighted by molar-refractivity contribution is -0.332. The number of ether oxygens (including phenoxy) is 6. The summed E-state index contributed by atoms with van der Waals surface area (Å²) >= 11 is 0. The number of allylic oxidation sites excluding steroid dienone is 4. The molecule has 7 N–H and O–H groups in total. The first-order chi connectivity index (χ1) is 29.0. The average Bonchev–Trinajstić information content (AvgIpc) is 3.24. The van der Waals surface area contributed by atoms with Gasteiger partial charge in [-0.25, -0.2) is 0 Å². The zero-order valence-corrected chi connectivity index (χ0v) is 36.4. The van der Waals surface area contributed by atoms with Crippen molar-refractivity contribution in [3.8, 4) is 0 Å². The molecule has 0 radical (unpaired) electrons. The topological polar surface area (TPSA) is 231 Å². The smallest absolute Gasteiger partial charge is 0.306 e. The zero-order chi connectivity index (χ0) is 44.0. The molecule has 2 aliphatic rings. The van der Waals surface area contributed by atoms with Crippen LogP contribution < -0.4 is 0 Å². The lowest BCUT2D eigenvalue weighted by atomic mass is 9.98. The van der Waals surface area contributed by atoms with Crippen molar-refractivity contribution in [2.75, 3.05) is 26.4 Å². The van der Waals surface area contributed by atoms with E-state index in [1.165, 1.54) is 51.4 Å². The predicted octanol–water partition coefficient (Wildman–Crippen LogP) is 4.82. The maximum atomic E-state index is 12.9. The molecule has 2 aliphatic heterocycles. The fraction of sp³-hybridized carbons (Fsp3) is 0.867. The number of carbonyl (C=O) groups excluding carboxylic acids is 2. The van der Waals surface area contributed by atoms with E-state index < -0.39 is 92.7 Å². The first kappa shape index (κ1) is 54.1. The Morgan fingerprint density at radius 2 is 0.967 bits per heavy atom. The normalized spacial score (nSPS) is 27.8. The second-order valence-electron chi connectivity index (χ2n) is 16.2. The number of hydrogen-bond acceptors (Lipinski definition) is 15. The molecule has 60 heavy (non-hydrogen) atoms. The van der Waals surface area contributed by atoms with Crippen molar-refractivity contribution in [3.63, 3.8) is 0 Å². The van der Waals surface area contributed by atoms with Crippen LogP contribution in [0.3, 0.4) is 0 Å². The van der Waals surface area contributed by atoms with E-state index >= 15 is 0 Å². The van der Waals surface area contributed by atoms with Crippen molar-refractivity contribution in [2.24, 2.45) is 0 Å². The van der Waals surface area contributed by atoms with Crippen LogP contribution in [0.5, 0.6) is 0 Å². The van der Waals surface area contributed by atoms with Gasteiger partial charge in [-0.05, 0) is 57.8 Å². The number of carbonyl (C=O) groups is 2. The molecule has 350 valence electrons. The molecule has 0 aliphatic carbocycles. The third-order valence-corrected chi connectivity index (χ3v) is 10.9. The summed E-state index contributed by atoms with van der Waals surface area (Å²) in [7, 11) is 0. The van der Waals surface area contributed by atoms with Crippen molar-refractivity contribution in [3.05, 3.63) is 24.3 Å². The van der Waals surface area contributed by atoms with E-state index in [9.17, 15) is 45.3 Å². The zero-order valence-electron chi connectivity index (χ0n) is 36.4. The highest BCUT2D eigenvalue weighted by Gasteiger charge is 2.47. The Hall–Kier alpha value is -2.02. The highest BCUT2D eigenvalue weighted by molar-refractivity contribution is 5.70. The molecule has 11 atom stereocenters. The van der Waals surface area contributed by atoms with Crippen molar-refractivity contribution in [1.29, 1.82) is 0 Å². The summed E-state index contributed by atoms with van der Waals surface area (Å²) in [6.07, 6.45) is 13.7. The third-order valence-electron chi connectivity index (χ3n) is 10.9. The predicted molar refractivity (Wildman–Crippen MR) is 224 cm³/mol. The summed E-state index contributed by atoms with van der Waals surface area (Å²) in [5, 5.41) is 71.8. The SMILES string of the molecule is CCCC/C=C/CCCCCCCC(=O)OC[C@H](CO[C@@H]1O[C@H](CO[C@@H]2O[C@H](CO)[C@H](O)C(O)C2O)[C@H](O)C(O)C1O)OC(=O)CCCCC/C=C/CCCCCCCC. The first-order valence-corrected chi connectivity index (χ1v) is 22.9. The van der Waals surface area contributed by atoms with Gasteiger partial charge in [0.15, 0.2) is 18.7 Å². The molecule has 0 amide bonds. The van der Waals surface area contributed by atoms with Gasteiger partial charge in [0, 0.05) is 12.8 Å². The fourth-order valence-corrected chi connectivity index (χ4v) is 7.01. The van der Waals surface area contributed by atoms with E-state index in [1.54, 1.807) is 0 Å². The Morgan fingerprint density at radius 1 is 0.517 bits per heavy atom. The van der Waals surface area contributed by atoms with Crippen LogP contribution >= 0.6 is 0 Å². The van der Waals surface area contributed by atoms with Gasteiger partial charge in [-0.15, -0.1) is 0 Å². The average molecular weight is 861 g/mol. The molecular formula is C45H80O15.